The Labute approximate surface area is 109 Å². The summed E-state index contributed by atoms with van der Waals surface area (Å²) in [5.41, 5.74) is -0.516. The highest BCUT2D eigenvalue weighted by Crippen LogP contribution is 2.19. The first-order chi connectivity index (χ1) is 8.40. The summed E-state index contributed by atoms with van der Waals surface area (Å²) >= 11 is 0. The zero-order valence-electron chi connectivity index (χ0n) is 11.6. The molecule has 0 aromatic heterocycles. The monoisotopic (exact) mass is 259 g/mol. The number of nitrogens with one attached hydrogen (secondary N) is 1. The Morgan fingerprint density at radius 2 is 2.28 bits per heavy atom. The molecular weight excluding hydrogens is 234 g/mol. The quantitative estimate of drug-likeness (QED) is 0.806. The van der Waals surface area contributed by atoms with E-state index in [9.17, 15) is 9.90 Å². The lowest BCUT2D eigenvalue weighted by Crippen LogP contribution is -2.42. The number of carbonyl (C=O) groups excluding carboxylic acids is 1. The molecule has 1 saturated heterocycles. The third kappa shape index (κ3) is 6.21. The maximum absolute atomic E-state index is 11.6. The van der Waals surface area contributed by atoms with Crippen LogP contribution in [0.25, 0.3) is 0 Å². The van der Waals surface area contributed by atoms with E-state index in [2.05, 4.69) is 5.32 Å². The third-order valence-corrected chi connectivity index (χ3v) is 2.81. The molecule has 0 aromatic carbocycles. The van der Waals surface area contributed by atoms with Crippen molar-refractivity contribution in [3.63, 3.8) is 0 Å². The molecule has 1 fully saturated rings. The molecule has 0 aromatic rings. The minimum atomic E-state index is -0.516. The van der Waals surface area contributed by atoms with Crippen LogP contribution in [0.5, 0.6) is 0 Å². The second kappa shape index (κ2) is 6.95. The van der Waals surface area contributed by atoms with E-state index in [1.165, 1.54) is 0 Å². The second-order valence-electron chi connectivity index (χ2n) is 5.84. The molecule has 1 heterocycles. The van der Waals surface area contributed by atoms with E-state index >= 15 is 0 Å². The van der Waals surface area contributed by atoms with Crippen LogP contribution in [0.15, 0.2) is 0 Å². The van der Waals surface area contributed by atoms with Gasteiger partial charge in [-0.15, -0.1) is 0 Å². The summed E-state index contributed by atoms with van der Waals surface area (Å²) in [6, 6.07) is -0.258. The first kappa shape index (κ1) is 15.2. The lowest BCUT2D eigenvalue weighted by molar-refractivity contribution is 0.0343. The summed E-state index contributed by atoms with van der Waals surface area (Å²) in [5.74, 6) is 0.408. The van der Waals surface area contributed by atoms with Gasteiger partial charge in [0.05, 0.1) is 12.6 Å². The Kier molecular flexibility index (Phi) is 5.88. The van der Waals surface area contributed by atoms with E-state index in [1.807, 2.05) is 20.8 Å². The normalized spacial score (nSPS) is 22.3. The van der Waals surface area contributed by atoms with Crippen LogP contribution in [0.3, 0.4) is 0 Å². The zero-order chi connectivity index (χ0) is 13.6. The van der Waals surface area contributed by atoms with Crippen molar-refractivity contribution < 1.29 is 19.4 Å². The fraction of sp³-hybridized carbons (Fsp3) is 0.923. The SMILES string of the molecule is CC(C)(C)OC(=O)N[C@H](CO)C[C@@H]1CCCOC1. The van der Waals surface area contributed by atoms with Crippen LogP contribution in [0.1, 0.15) is 40.0 Å². The van der Waals surface area contributed by atoms with Crippen LogP contribution in [-0.4, -0.2) is 42.7 Å². The highest BCUT2D eigenvalue weighted by Gasteiger charge is 2.23. The fourth-order valence-electron chi connectivity index (χ4n) is 2.05. The number of hydrogen-bond donors (Lipinski definition) is 2. The first-order valence-corrected chi connectivity index (χ1v) is 6.59. The van der Waals surface area contributed by atoms with E-state index in [-0.39, 0.29) is 12.6 Å². The van der Waals surface area contributed by atoms with Crippen LogP contribution in [0.4, 0.5) is 4.79 Å². The van der Waals surface area contributed by atoms with Crippen molar-refractivity contribution in [3.8, 4) is 0 Å². The number of amides is 1. The predicted molar refractivity (Wildman–Crippen MR) is 68.4 cm³/mol. The highest BCUT2D eigenvalue weighted by molar-refractivity contribution is 5.68. The van der Waals surface area contributed by atoms with Crippen LogP contribution < -0.4 is 5.32 Å². The van der Waals surface area contributed by atoms with E-state index in [4.69, 9.17) is 9.47 Å². The molecule has 5 nitrogen and oxygen atoms in total. The molecule has 1 aliphatic rings. The number of aliphatic hydroxyl groups is 1. The molecule has 0 unspecified atom stereocenters. The summed E-state index contributed by atoms with van der Waals surface area (Å²) in [5, 5.41) is 12.0. The Hall–Kier alpha value is -0.810. The van der Waals surface area contributed by atoms with Crippen molar-refractivity contribution >= 4 is 6.09 Å². The minimum absolute atomic E-state index is 0.0737. The van der Waals surface area contributed by atoms with Gasteiger partial charge in [0.15, 0.2) is 0 Å². The van der Waals surface area contributed by atoms with Crippen LogP contribution >= 0.6 is 0 Å². The molecule has 5 heteroatoms. The molecule has 2 N–H and O–H groups in total. The molecule has 0 spiro atoms. The van der Waals surface area contributed by atoms with Crippen molar-refractivity contribution in [1.29, 1.82) is 0 Å². The van der Waals surface area contributed by atoms with E-state index < -0.39 is 11.7 Å². The Balaban J connectivity index is 2.34. The van der Waals surface area contributed by atoms with Gasteiger partial charge < -0.3 is 19.9 Å². The largest absolute Gasteiger partial charge is 0.444 e. The van der Waals surface area contributed by atoms with Crippen LogP contribution in [0, 0.1) is 5.92 Å². The summed E-state index contributed by atoms with van der Waals surface area (Å²) in [6.45, 7) is 6.91. The average Bonchev–Trinajstić information content (AvgIpc) is 2.27. The van der Waals surface area contributed by atoms with Gasteiger partial charge in [-0.1, -0.05) is 0 Å². The van der Waals surface area contributed by atoms with Gasteiger partial charge in [-0.2, -0.15) is 0 Å². The molecule has 1 amide bonds. The first-order valence-electron chi connectivity index (χ1n) is 6.59. The molecule has 2 atom stereocenters. The predicted octanol–water partition coefficient (Wildman–Crippen LogP) is 1.69. The lowest BCUT2D eigenvalue weighted by Gasteiger charge is -2.27. The third-order valence-electron chi connectivity index (χ3n) is 2.81. The number of alkyl carbamates (subject to hydrolysis) is 1. The van der Waals surface area contributed by atoms with Gasteiger partial charge in [0.25, 0.3) is 0 Å². The summed E-state index contributed by atoms with van der Waals surface area (Å²) < 4.78 is 10.6. The van der Waals surface area contributed by atoms with Gasteiger partial charge in [0, 0.05) is 13.2 Å². The zero-order valence-corrected chi connectivity index (χ0v) is 11.6. The van der Waals surface area contributed by atoms with E-state index in [0.717, 1.165) is 25.9 Å². The van der Waals surface area contributed by atoms with Crippen molar-refractivity contribution in [2.75, 3.05) is 19.8 Å². The Bertz CT molecular complexity index is 256. The summed E-state index contributed by atoms with van der Waals surface area (Å²) in [7, 11) is 0. The van der Waals surface area contributed by atoms with Gasteiger partial charge >= 0.3 is 6.09 Å². The van der Waals surface area contributed by atoms with Gasteiger partial charge in [-0.05, 0) is 46.0 Å². The standard InChI is InChI=1S/C13H25NO4/c1-13(2,3)18-12(16)14-11(8-15)7-10-5-4-6-17-9-10/h10-11,15H,4-9H2,1-3H3,(H,14,16)/t10-,11-/m0/s1. The fourth-order valence-corrected chi connectivity index (χ4v) is 2.05. The molecule has 18 heavy (non-hydrogen) atoms. The summed E-state index contributed by atoms with van der Waals surface area (Å²) in [6.07, 6.45) is 2.40. The topological polar surface area (TPSA) is 67.8 Å². The molecule has 106 valence electrons. The molecule has 1 rings (SSSR count). The molecular formula is C13H25NO4. The van der Waals surface area contributed by atoms with Crippen LogP contribution in [0.2, 0.25) is 0 Å². The van der Waals surface area contributed by atoms with Crippen molar-refractivity contribution in [3.05, 3.63) is 0 Å². The second-order valence-corrected chi connectivity index (χ2v) is 5.84. The number of rotatable bonds is 4. The Morgan fingerprint density at radius 1 is 1.56 bits per heavy atom. The highest BCUT2D eigenvalue weighted by atomic mass is 16.6. The maximum atomic E-state index is 11.6. The lowest BCUT2D eigenvalue weighted by atomic mass is 9.95. The van der Waals surface area contributed by atoms with Gasteiger partial charge in [-0.3, -0.25) is 0 Å². The minimum Gasteiger partial charge on any atom is -0.444 e. The van der Waals surface area contributed by atoms with Gasteiger partial charge in [0.2, 0.25) is 0 Å². The summed E-state index contributed by atoms with van der Waals surface area (Å²) in [4.78, 5) is 11.6. The number of hydrogen-bond acceptors (Lipinski definition) is 4. The van der Waals surface area contributed by atoms with E-state index in [0.29, 0.717) is 12.5 Å². The van der Waals surface area contributed by atoms with Crippen molar-refractivity contribution in [2.45, 2.75) is 51.7 Å². The number of carbonyl (C=O) groups is 1. The molecule has 0 saturated carbocycles. The van der Waals surface area contributed by atoms with Gasteiger partial charge in [0.1, 0.15) is 5.60 Å². The molecule has 0 radical (unpaired) electrons. The number of aliphatic hydroxyl groups excluding tert-OH is 1. The van der Waals surface area contributed by atoms with Crippen molar-refractivity contribution in [2.24, 2.45) is 5.92 Å². The smallest absolute Gasteiger partial charge is 0.407 e. The molecule has 0 aliphatic carbocycles. The molecule has 0 bridgehead atoms. The average molecular weight is 259 g/mol. The molecule has 1 aliphatic heterocycles. The van der Waals surface area contributed by atoms with Crippen molar-refractivity contribution in [1.82, 2.24) is 5.32 Å². The van der Waals surface area contributed by atoms with Gasteiger partial charge in [-0.25, -0.2) is 4.79 Å². The maximum Gasteiger partial charge on any atom is 0.407 e. The number of ether oxygens (including phenoxy) is 2. The Morgan fingerprint density at radius 3 is 2.78 bits per heavy atom. The van der Waals surface area contributed by atoms with E-state index in [1.54, 1.807) is 0 Å². The van der Waals surface area contributed by atoms with Crippen LogP contribution in [-0.2, 0) is 9.47 Å².